The van der Waals surface area contributed by atoms with Crippen LogP contribution in [0.5, 0.6) is 0 Å². The van der Waals surface area contributed by atoms with E-state index in [9.17, 15) is 14.4 Å². The summed E-state index contributed by atoms with van der Waals surface area (Å²) in [5, 5.41) is 7.88. The van der Waals surface area contributed by atoms with E-state index in [1.807, 2.05) is 0 Å². The second-order valence-corrected chi connectivity index (χ2v) is 6.13. The Labute approximate surface area is 133 Å². The molecule has 0 N–H and O–H groups in total. The Hall–Kier alpha value is -2.55. The second kappa shape index (κ2) is 5.58. The molecule has 9 heteroatoms. The van der Waals surface area contributed by atoms with E-state index in [4.69, 9.17) is 0 Å². The minimum absolute atomic E-state index is 0.128. The van der Waals surface area contributed by atoms with E-state index in [0.717, 1.165) is 15.9 Å². The van der Waals surface area contributed by atoms with E-state index in [2.05, 4.69) is 14.9 Å². The summed E-state index contributed by atoms with van der Waals surface area (Å²) in [6, 6.07) is 0. The normalized spacial score (nSPS) is 11.3. The first-order chi connectivity index (χ1) is 11.0. The van der Waals surface area contributed by atoms with Gasteiger partial charge in [0.1, 0.15) is 16.2 Å². The number of aryl methyl sites for hydroxylation is 2. The SMILES string of the molecule is CCn1c(=O)c2c(C)c(C=O)sc2n(Cc2nonc2C)c1=O. The van der Waals surface area contributed by atoms with Crippen LogP contribution in [0, 0.1) is 13.8 Å². The van der Waals surface area contributed by atoms with Gasteiger partial charge in [-0.1, -0.05) is 10.3 Å². The van der Waals surface area contributed by atoms with Crippen LogP contribution in [0.15, 0.2) is 14.2 Å². The molecule has 3 rings (SSSR count). The highest BCUT2D eigenvalue weighted by atomic mass is 32.1. The van der Waals surface area contributed by atoms with Crippen LogP contribution in [0.2, 0.25) is 0 Å². The van der Waals surface area contributed by atoms with Crippen LogP contribution in [-0.4, -0.2) is 25.7 Å². The number of hydrogen-bond donors (Lipinski definition) is 0. The van der Waals surface area contributed by atoms with Gasteiger partial charge in [0.15, 0.2) is 6.29 Å². The molecule has 120 valence electrons. The first kappa shape index (κ1) is 15.3. The molecule has 0 aliphatic carbocycles. The van der Waals surface area contributed by atoms with Crippen molar-refractivity contribution in [1.29, 1.82) is 0 Å². The van der Waals surface area contributed by atoms with Crippen LogP contribution >= 0.6 is 11.3 Å². The lowest BCUT2D eigenvalue weighted by molar-refractivity contribution is 0.112. The Morgan fingerprint density at radius 2 is 1.96 bits per heavy atom. The molecule has 3 aromatic rings. The molecule has 0 radical (unpaired) electrons. The van der Waals surface area contributed by atoms with Gasteiger partial charge in [-0.05, 0) is 26.3 Å². The number of nitrogens with zero attached hydrogens (tertiary/aromatic N) is 4. The molecule has 0 aliphatic rings. The highest BCUT2D eigenvalue weighted by molar-refractivity contribution is 7.20. The van der Waals surface area contributed by atoms with Crippen molar-refractivity contribution in [2.45, 2.75) is 33.9 Å². The van der Waals surface area contributed by atoms with E-state index in [1.165, 1.54) is 4.57 Å². The summed E-state index contributed by atoms with van der Waals surface area (Å²) in [6.07, 6.45) is 0.702. The zero-order valence-electron chi connectivity index (χ0n) is 12.8. The van der Waals surface area contributed by atoms with E-state index in [1.54, 1.807) is 20.8 Å². The number of aromatic nitrogens is 4. The van der Waals surface area contributed by atoms with Crippen molar-refractivity contribution >= 4 is 27.8 Å². The molecule has 8 nitrogen and oxygen atoms in total. The highest BCUT2D eigenvalue weighted by Crippen LogP contribution is 2.26. The minimum Gasteiger partial charge on any atom is -0.297 e. The third-order valence-electron chi connectivity index (χ3n) is 3.81. The highest BCUT2D eigenvalue weighted by Gasteiger charge is 2.20. The van der Waals surface area contributed by atoms with Crippen molar-refractivity contribution in [3.8, 4) is 0 Å². The Balaban J connectivity index is 2.40. The predicted octanol–water partition coefficient (Wildman–Crippen LogP) is 1.11. The first-order valence-corrected chi connectivity index (χ1v) is 7.81. The number of carbonyl (C=O) groups excluding carboxylic acids is 1. The molecule has 0 saturated carbocycles. The molecular weight excluding hydrogens is 320 g/mol. The average molecular weight is 334 g/mol. The average Bonchev–Trinajstić information content (AvgIpc) is 3.07. The monoisotopic (exact) mass is 334 g/mol. The molecule has 0 unspecified atom stereocenters. The quantitative estimate of drug-likeness (QED) is 0.663. The molecule has 23 heavy (non-hydrogen) atoms. The van der Waals surface area contributed by atoms with Crippen molar-refractivity contribution in [2.24, 2.45) is 0 Å². The molecule has 0 bridgehead atoms. The van der Waals surface area contributed by atoms with Gasteiger partial charge in [0.05, 0.1) is 16.8 Å². The zero-order valence-corrected chi connectivity index (χ0v) is 13.6. The maximum atomic E-state index is 12.6. The minimum atomic E-state index is -0.439. The molecule has 3 aromatic heterocycles. The zero-order chi connectivity index (χ0) is 16.7. The maximum Gasteiger partial charge on any atom is 0.332 e. The number of hydrogen-bond acceptors (Lipinski definition) is 7. The number of carbonyl (C=O) groups is 1. The summed E-state index contributed by atoms with van der Waals surface area (Å²) in [4.78, 5) is 37.3. The van der Waals surface area contributed by atoms with Crippen molar-refractivity contribution in [2.75, 3.05) is 0 Å². The predicted molar refractivity (Wildman–Crippen MR) is 84.3 cm³/mol. The van der Waals surface area contributed by atoms with E-state index in [0.29, 0.717) is 38.3 Å². The van der Waals surface area contributed by atoms with Gasteiger partial charge < -0.3 is 0 Å². The Morgan fingerprint density at radius 3 is 2.52 bits per heavy atom. The van der Waals surface area contributed by atoms with E-state index in [-0.39, 0.29) is 18.6 Å². The van der Waals surface area contributed by atoms with Crippen molar-refractivity contribution in [3.05, 3.63) is 42.7 Å². The maximum absolute atomic E-state index is 12.6. The number of thiophene rings is 1. The fourth-order valence-corrected chi connectivity index (χ4v) is 3.59. The van der Waals surface area contributed by atoms with Crippen LogP contribution in [0.1, 0.15) is 33.5 Å². The first-order valence-electron chi connectivity index (χ1n) is 6.99. The van der Waals surface area contributed by atoms with E-state index >= 15 is 0 Å². The van der Waals surface area contributed by atoms with Crippen LogP contribution < -0.4 is 11.2 Å². The van der Waals surface area contributed by atoms with Gasteiger partial charge in [0, 0.05) is 6.54 Å². The molecule has 0 aliphatic heterocycles. The van der Waals surface area contributed by atoms with Gasteiger partial charge in [-0.15, -0.1) is 11.3 Å². The fraction of sp³-hybridized carbons (Fsp3) is 0.357. The third kappa shape index (κ3) is 2.24. The molecule has 0 spiro atoms. The molecular formula is C14H14N4O4S. The lowest BCUT2D eigenvalue weighted by atomic mass is 10.2. The van der Waals surface area contributed by atoms with Gasteiger partial charge in [0.2, 0.25) is 0 Å². The van der Waals surface area contributed by atoms with E-state index < -0.39 is 5.69 Å². The van der Waals surface area contributed by atoms with Crippen LogP contribution in [-0.2, 0) is 13.1 Å². The standard InChI is InChI=1S/C14H14N4O4S/c1-4-17-12(20)11-7(2)10(6-19)23-13(11)18(14(17)21)5-9-8(3)15-22-16-9/h6H,4-5H2,1-3H3. The lowest BCUT2D eigenvalue weighted by Gasteiger charge is -2.09. The Bertz CT molecular complexity index is 1020. The number of fused-ring (bicyclic) bond motifs is 1. The summed E-state index contributed by atoms with van der Waals surface area (Å²) < 4.78 is 7.26. The van der Waals surface area contributed by atoms with Gasteiger partial charge >= 0.3 is 5.69 Å². The fourth-order valence-electron chi connectivity index (χ4n) is 2.49. The summed E-state index contributed by atoms with van der Waals surface area (Å²) in [5.74, 6) is 0. The molecule has 0 aromatic carbocycles. The van der Waals surface area contributed by atoms with Gasteiger partial charge in [0.25, 0.3) is 5.56 Å². The molecule has 0 saturated heterocycles. The second-order valence-electron chi connectivity index (χ2n) is 5.10. The van der Waals surface area contributed by atoms with Gasteiger partial charge in [-0.25, -0.2) is 9.42 Å². The summed E-state index contributed by atoms with van der Waals surface area (Å²) in [6.45, 7) is 5.53. The Kier molecular flexibility index (Phi) is 3.72. The van der Waals surface area contributed by atoms with Gasteiger partial charge in [-0.3, -0.25) is 18.7 Å². The summed E-state index contributed by atoms with van der Waals surface area (Å²) in [7, 11) is 0. The lowest BCUT2D eigenvalue weighted by Crippen LogP contribution is -2.39. The molecule has 0 amide bonds. The molecule has 0 atom stereocenters. The van der Waals surface area contributed by atoms with Crippen molar-refractivity contribution in [1.82, 2.24) is 19.4 Å². The summed E-state index contributed by atoms with van der Waals surface area (Å²) >= 11 is 1.13. The smallest absolute Gasteiger partial charge is 0.297 e. The summed E-state index contributed by atoms with van der Waals surface area (Å²) in [5.41, 5.74) is 0.860. The van der Waals surface area contributed by atoms with Crippen molar-refractivity contribution < 1.29 is 9.42 Å². The van der Waals surface area contributed by atoms with Crippen LogP contribution in [0.4, 0.5) is 0 Å². The molecule has 3 heterocycles. The third-order valence-corrected chi connectivity index (χ3v) is 5.05. The largest absolute Gasteiger partial charge is 0.332 e. The van der Waals surface area contributed by atoms with Crippen LogP contribution in [0.25, 0.3) is 10.2 Å². The number of rotatable bonds is 4. The number of aldehydes is 1. The Morgan fingerprint density at radius 1 is 1.22 bits per heavy atom. The molecule has 0 fully saturated rings. The topological polar surface area (TPSA) is 100.0 Å². The van der Waals surface area contributed by atoms with Gasteiger partial charge in [-0.2, -0.15) is 0 Å². The van der Waals surface area contributed by atoms with Crippen molar-refractivity contribution in [3.63, 3.8) is 0 Å². The van der Waals surface area contributed by atoms with Crippen LogP contribution in [0.3, 0.4) is 0 Å².